The van der Waals surface area contributed by atoms with Crippen molar-refractivity contribution in [2.75, 3.05) is 0 Å². The Bertz CT molecular complexity index is 387. The van der Waals surface area contributed by atoms with Gasteiger partial charge in [0.1, 0.15) is 5.82 Å². The Kier molecular flexibility index (Phi) is 4.38. The quantitative estimate of drug-likeness (QED) is 0.784. The van der Waals surface area contributed by atoms with E-state index in [0.29, 0.717) is 15.9 Å². The Morgan fingerprint density at radius 1 is 1.44 bits per heavy atom. The smallest absolute Gasteiger partial charge is 0.130 e. The number of rotatable bonds is 2. The van der Waals surface area contributed by atoms with E-state index in [4.69, 9.17) is 11.6 Å². The van der Waals surface area contributed by atoms with Gasteiger partial charge in [-0.1, -0.05) is 32.4 Å². The maximum Gasteiger partial charge on any atom is 0.130 e. The molecule has 90 valence electrons. The van der Waals surface area contributed by atoms with Gasteiger partial charge in [-0.15, -0.1) is 0 Å². The average molecular weight is 310 g/mol. The summed E-state index contributed by atoms with van der Waals surface area (Å²) in [5.41, 5.74) is 0.189. The van der Waals surface area contributed by atoms with Gasteiger partial charge >= 0.3 is 0 Å². The lowest BCUT2D eigenvalue weighted by molar-refractivity contribution is 0.119. The van der Waals surface area contributed by atoms with Crippen molar-refractivity contribution in [3.05, 3.63) is 33.0 Å². The number of hydrogen-bond acceptors (Lipinski definition) is 1. The highest BCUT2D eigenvalue weighted by molar-refractivity contribution is 9.10. The molecule has 4 heteroatoms. The highest BCUT2D eigenvalue weighted by atomic mass is 79.9. The maximum absolute atomic E-state index is 13.6. The first-order valence-corrected chi connectivity index (χ1v) is 6.20. The van der Waals surface area contributed by atoms with Crippen molar-refractivity contribution in [2.45, 2.75) is 33.3 Å². The zero-order valence-corrected chi connectivity index (χ0v) is 11.9. The van der Waals surface area contributed by atoms with Crippen LogP contribution in [-0.4, -0.2) is 5.11 Å². The molecule has 0 aliphatic rings. The van der Waals surface area contributed by atoms with Crippen molar-refractivity contribution in [3.63, 3.8) is 0 Å². The molecular weight excluding hydrogens is 294 g/mol. The third kappa shape index (κ3) is 3.72. The van der Waals surface area contributed by atoms with Crippen LogP contribution in [-0.2, 0) is 0 Å². The zero-order valence-electron chi connectivity index (χ0n) is 9.52. The van der Waals surface area contributed by atoms with E-state index in [1.54, 1.807) is 0 Å². The van der Waals surface area contributed by atoms with Crippen molar-refractivity contribution < 1.29 is 9.50 Å². The lowest BCUT2D eigenvalue weighted by atomic mass is 9.87. The van der Waals surface area contributed by atoms with Gasteiger partial charge in [-0.05, 0) is 39.9 Å². The van der Waals surface area contributed by atoms with Crippen LogP contribution < -0.4 is 0 Å². The molecule has 1 nitrogen and oxygen atoms in total. The monoisotopic (exact) mass is 308 g/mol. The molecule has 0 radical (unpaired) electrons. The molecule has 0 saturated carbocycles. The van der Waals surface area contributed by atoms with Crippen molar-refractivity contribution >= 4 is 27.5 Å². The van der Waals surface area contributed by atoms with Gasteiger partial charge in [0.25, 0.3) is 0 Å². The lowest BCUT2D eigenvalue weighted by Crippen LogP contribution is -2.12. The minimum atomic E-state index is -0.828. The van der Waals surface area contributed by atoms with E-state index in [1.807, 2.05) is 20.8 Å². The van der Waals surface area contributed by atoms with E-state index < -0.39 is 11.9 Å². The molecule has 0 fully saturated rings. The van der Waals surface area contributed by atoms with Crippen LogP contribution in [0.3, 0.4) is 0 Å². The van der Waals surface area contributed by atoms with E-state index in [0.717, 1.165) is 0 Å². The van der Waals surface area contributed by atoms with Crippen LogP contribution in [0.1, 0.15) is 38.9 Å². The summed E-state index contributed by atoms with van der Waals surface area (Å²) in [4.78, 5) is 0. The van der Waals surface area contributed by atoms with Gasteiger partial charge in [-0.3, -0.25) is 0 Å². The van der Waals surface area contributed by atoms with Gasteiger partial charge in [0.05, 0.1) is 11.1 Å². The largest absolute Gasteiger partial charge is 0.388 e. The Balaban J connectivity index is 3.00. The molecule has 1 unspecified atom stereocenters. The van der Waals surface area contributed by atoms with Crippen molar-refractivity contribution in [2.24, 2.45) is 5.41 Å². The van der Waals surface area contributed by atoms with Crippen LogP contribution in [0.25, 0.3) is 0 Å². The number of hydrogen-bond donors (Lipinski definition) is 1. The summed E-state index contributed by atoms with van der Waals surface area (Å²) in [6.45, 7) is 5.98. The molecule has 1 atom stereocenters. The summed E-state index contributed by atoms with van der Waals surface area (Å²) in [6, 6.07) is 2.75. The first-order chi connectivity index (χ1) is 7.20. The third-order valence-electron chi connectivity index (χ3n) is 2.20. The predicted molar refractivity (Wildman–Crippen MR) is 68.1 cm³/mol. The normalized spacial score (nSPS) is 13.9. The minimum Gasteiger partial charge on any atom is -0.388 e. The molecule has 1 aromatic carbocycles. The molecule has 0 aromatic heterocycles. The fraction of sp³-hybridized carbons (Fsp3) is 0.500. The van der Waals surface area contributed by atoms with Crippen LogP contribution >= 0.6 is 27.5 Å². The summed E-state index contributed by atoms with van der Waals surface area (Å²) in [5, 5.41) is 10.3. The molecule has 1 N–H and O–H groups in total. The summed E-state index contributed by atoms with van der Waals surface area (Å²) in [7, 11) is 0. The Morgan fingerprint density at radius 3 is 2.50 bits per heavy atom. The Hall–Kier alpha value is -0.120. The van der Waals surface area contributed by atoms with Gasteiger partial charge in [0.15, 0.2) is 0 Å². The van der Waals surface area contributed by atoms with Gasteiger partial charge in [-0.25, -0.2) is 4.39 Å². The van der Waals surface area contributed by atoms with Crippen LogP contribution in [0.2, 0.25) is 5.02 Å². The second-order valence-electron chi connectivity index (χ2n) is 5.07. The van der Waals surface area contributed by atoms with Crippen LogP contribution in [0.5, 0.6) is 0 Å². The zero-order chi connectivity index (χ0) is 12.5. The van der Waals surface area contributed by atoms with Gasteiger partial charge < -0.3 is 5.11 Å². The second kappa shape index (κ2) is 5.03. The van der Waals surface area contributed by atoms with Gasteiger partial charge in [0.2, 0.25) is 0 Å². The minimum absolute atomic E-state index is 0.0641. The number of benzene rings is 1. The average Bonchev–Trinajstić information content (AvgIpc) is 2.08. The topological polar surface area (TPSA) is 20.2 Å². The third-order valence-corrected chi connectivity index (χ3v) is 3.40. The second-order valence-corrected chi connectivity index (χ2v) is 6.33. The van der Waals surface area contributed by atoms with Gasteiger partial charge in [0, 0.05) is 10.0 Å². The first-order valence-electron chi connectivity index (χ1n) is 5.03. The summed E-state index contributed by atoms with van der Waals surface area (Å²) >= 11 is 9.01. The molecule has 16 heavy (non-hydrogen) atoms. The van der Waals surface area contributed by atoms with E-state index >= 15 is 0 Å². The van der Waals surface area contributed by atoms with Crippen LogP contribution in [0.4, 0.5) is 4.39 Å². The lowest BCUT2D eigenvalue weighted by Gasteiger charge is -2.23. The summed E-state index contributed by atoms with van der Waals surface area (Å²) in [6.07, 6.45) is -0.340. The van der Waals surface area contributed by atoms with E-state index in [2.05, 4.69) is 15.9 Å². The fourth-order valence-corrected chi connectivity index (χ4v) is 1.97. The fourth-order valence-electron chi connectivity index (χ4n) is 1.48. The Morgan fingerprint density at radius 2 is 2.00 bits per heavy atom. The van der Waals surface area contributed by atoms with Crippen molar-refractivity contribution in [1.29, 1.82) is 0 Å². The van der Waals surface area contributed by atoms with Crippen molar-refractivity contribution in [1.82, 2.24) is 0 Å². The molecule has 1 aromatic rings. The van der Waals surface area contributed by atoms with E-state index in [1.165, 1.54) is 12.1 Å². The molecule has 0 aliphatic heterocycles. The van der Waals surface area contributed by atoms with Gasteiger partial charge in [-0.2, -0.15) is 0 Å². The molecule has 0 amide bonds. The predicted octanol–water partition coefficient (Wildman–Crippen LogP) is 4.71. The molecule has 0 aliphatic carbocycles. The Labute approximate surface area is 109 Å². The summed E-state index contributed by atoms with van der Waals surface area (Å²) < 4.78 is 14.1. The van der Waals surface area contributed by atoms with Crippen molar-refractivity contribution in [3.8, 4) is 0 Å². The van der Waals surface area contributed by atoms with E-state index in [9.17, 15) is 9.50 Å². The molecule has 1 rings (SSSR count). The maximum atomic E-state index is 13.6. The SMILES string of the molecule is CC(C)(C)CC(O)c1cc(Cl)c(Br)cc1F. The highest BCUT2D eigenvalue weighted by Crippen LogP contribution is 2.34. The number of aliphatic hydroxyl groups is 1. The molecule has 0 bridgehead atoms. The van der Waals surface area contributed by atoms with E-state index in [-0.39, 0.29) is 11.0 Å². The standard InChI is InChI=1S/C12H15BrClFO/c1-12(2,3)6-11(16)7-4-9(14)8(13)5-10(7)15/h4-5,11,16H,6H2,1-3H3. The highest BCUT2D eigenvalue weighted by Gasteiger charge is 2.21. The molecular formula is C12H15BrClFO. The van der Waals surface area contributed by atoms with Crippen LogP contribution in [0, 0.1) is 11.2 Å². The number of halogens is 3. The number of aliphatic hydroxyl groups excluding tert-OH is 1. The molecule has 0 spiro atoms. The molecule has 0 saturated heterocycles. The van der Waals surface area contributed by atoms with Crippen LogP contribution in [0.15, 0.2) is 16.6 Å². The first kappa shape index (κ1) is 13.9. The molecule has 0 heterocycles. The summed E-state index contributed by atoms with van der Waals surface area (Å²) in [5.74, 6) is -0.437.